The van der Waals surface area contributed by atoms with Crippen LogP contribution in [0.4, 0.5) is 13.2 Å². The fourth-order valence-electron chi connectivity index (χ4n) is 2.03. The van der Waals surface area contributed by atoms with Crippen LogP contribution < -0.4 is 4.98 Å². The van der Waals surface area contributed by atoms with Gasteiger partial charge in [0.1, 0.15) is 0 Å². The Morgan fingerprint density at radius 1 is 1.10 bits per heavy atom. The van der Waals surface area contributed by atoms with Crippen LogP contribution in [-0.2, 0) is 6.18 Å². The largest absolute Gasteiger partial charge is 0.416 e. The van der Waals surface area contributed by atoms with Crippen molar-refractivity contribution < 1.29 is 18.2 Å². The Balaban J connectivity index is 2.14. The molecule has 114 valence electrons. The van der Waals surface area contributed by atoms with E-state index in [0.717, 1.165) is 46.7 Å². The summed E-state index contributed by atoms with van der Waals surface area (Å²) in [6.07, 6.45) is 0.813. The highest BCUT2D eigenvalue weighted by atomic mass is 79.9. The average molecular weight is 379 g/mol. The van der Waals surface area contributed by atoms with Gasteiger partial charge in [-0.3, -0.25) is 0 Å². The molecule has 0 fully saturated rings. The van der Waals surface area contributed by atoms with Gasteiger partial charge >= 0.3 is 6.18 Å². The summed E-state index contributed by atoms with van der Waals surface area (Å²) in [5.41, 5.74) is -0.0963. The van der Waals surface area contributed by atoms with E-state index in [1.54, 1.807) is 24.0 Å². The van der Waals surface area contributed by atoms with E-state index in [1.165, 1.54) is 6.07 Å². The van der Waals surface area contributed by atoms with Crippen molar-refractivity contribution in [2.24, 2.45) is 0 Å². The summed E-state index contributed by atoms with van der Waals surface area (Å²) in [5, 5.41) is 1.86. The predicted molar refractivity (Wildman–Crippen MR) is 83.9 cm³/mol. The summed E-state index contributed by atoms with van der Waals surface area (Å²) >= 11 is 5.10. The summed E-state index contributed by atoms with van der Waals surface area (Å²) in [7, 11) is 0. The van der Waals surface area contributed by atoms with Crippen molar-refractivity contribution in [3.63, 3.8) is 0 Å². The molecule has 0 aliphatic rings. The lowest BCUT2D eigenvalue weighted by molar-refractivity contribution is -0.345. The first-order valence-electron chi connectivity index (χ1n) is 6.73. The first kappa shape index (κ1) is 16.6. The molecule has 2 rings (SSSR count). The first-order chi connectivity index (χ1) is 10.0. The highest BCUT2D eigenvalue weighted by Crippen LogP contribution is 2.33. The number of hydrogen-bond donors (Lipinski definition) is 0. The van der Waals surface area contributed by atoms with Gasteiger partial charge < -0.3 is 0 Å². The van der Waals surface area contributed by atoms with Gasteiger partial charge in [0.05, 0.1) is 10.9 Å². The number of H-pyrrole nitrogens is 1. The molecule has 0 radical (unpaired) electrons. The highest BCUT2D eigenvalue weighted by Gasteiger charge is 2.31. The predicted octanol–water partition coefficient (Wildman–Crippen LogP) is 5.33. The number of benzene rings is 1. The molecule has 1 aromatic heterocycles. The van der Waals surface area contributed by atoms with Crippen molar-refractivity contribution in [2.45, 2.75) is 30.3 Å². The molecule has 0 saturated heterocycles. The van der Waals surface area contributed by atoms with E-state index in [4.69, 9.17) is 0 Å². The lowest BCUT2D eigenvalue weighted by Gasteiger charge is -2.07. The molecule has 0 spiro atoms. The van der Waals surface area contributed by atoms with Crippen LogP contribution in [0.15, 0.2) is 35.4 Å². The summed E-state index contributed by atoms with van der Waals surface area (Å²) in [6.45, 7) is 0. The zero-order valence-electron chi connectivity index (χ0n) is 11.3. The number of halogens is 4. The fraction of sp³-hybridized carbons (Fsp3) is 0.400. The molecular formula is C15H16BrF3NS+. The molecule has 2 aromatic rings. The fourth-order valence-corrected chi connectivity index (χ4v) is 3.50. The number of aromatic nitrogens is 1. The molecule has 1 heterocycles. The third-order valence-electron chi connectivity index (χ3n) is 3.12. The van der Waals surface area contributed by atoms with Gasteiger partial charge in [-0.15, -0.1) is 11.8 Å². The van der Waals surface area contributed by atoms with Crippen molar-refractivity contribution in [1.82, 2.24) is 0 Å². The van der Waals surface area contributed by atoms with Gasteiger partial charge in [-0.1, -0.05) is 22.4 Å². The molecular weight excluding hydrogens is 363 g/mol. The Labute approximate surface area is 134 Å². The van der Waals surface area contributed by atoms with E-state index in [9.17, 15) is 13.2 Å². The van der Waals surface area contributed by atoms with E-state index in [-0.39, 0.29) is 0 Å². The molecule has 21 heavy (non-hydrogen) atoms. The summed E-state index contributed by atoms with van der Waals surface area (Å²) < 4.78 is 38.1. The minimum Gasteiger partial charge on any atom is -0.211 e. The van der Waals surface area contributed by atoms with Gasteiger partial charge in [-0.2, -0.15) is 13.2 Å². The molecule has 0 amide bonds. The number of fused-ring (bicyclic) bond motifs is 1. The molecule has 0 unspecified atom stereocenters. The topological polar surface area (TPSA) is 14.1 Å². The number of nitrogens with one attached hydrogen (secondary N) is 1. The maximum Gasteiger partial charge on any atom is 0.416 e. The van der Waals surface area contributed by atoms with Gasteiger partial charge in [-0.05, 0) is 30.7 Å². The SMILES string of the molecule is FC(F)(F)c1ccc2c(SCCCCCBr)cc[nH+]c2c1. The van der Waals surface area contributed by atoms with E-state index in [1.807, 2.05) is 6.07 Å². The van der Waals surface area contributed by atoms with E-state index in [0.29, 0.717) is 5.52 Å². The van der Waals surface area contributed by atoms with E-state index >= 15 is 0 Å². The van der Waals surface area contributed by atoms with Crippen molar-refractivity contribution in [3.8, 4) is 0 Å². The van der Waals surface area contributed by atoms with Crippen LogP contribution >= 0.6 is 27.7 Å². The lowest BCUT2D eigenvalue weighted by atomic mass is 10.1. The molecule has 0 atom stereocenters. The normalized spacial score (nSPS) is 12.0. The molecule has 1 aromatic carbocycles. The first-order valence-corrected chi connectivity index (χ1v) is 8.83. The van der Waals surface area contributed by atoms with Gasteiger partial charge in [-0.25, -0.2) is 4.98 Å². The molecule has 0 aliphatic heterocycles. The Hall–Kier alpha value is -0.750. The van der Waals surface area contributed by atoms with Crippen molar-refractivity contribution in [2.75, 3.05) is 11.1 Å². The van der Waals surface area contributed by atoms with Gasteiger partial charge in [0.2, 0.25) is 5.52 Å². The summed E-state index contributed by atoms with van der Waals surface area (Å²) in [4.78, 5) is 3.92. The second-order valence-corrected chi connectivity index (χ2v) is 6.63. The maximum absolute atomic E-state index is 12.7. The van der Waals surface area contributed by atoms with Gasteiger partial charge in [0.25, 0.3) is 0 Å². The van der Waals surface area contributed by atoms with Crippen LogP contribution in [0.25, 0.3) is 10.9 Å². The smallest absolute Gasteiger partial charge is 0.211 e. The number of thioether (sulfide) groups is 1. The van der Waals surface area contributed by atoms with Crippen LogP contribution in [0.5, 0.6) is 0 Å². The third kappa shape index (κ3) is 4.61. The Morgan fingerprint density at radius 2 is 1.90 bits per heavy atom. The monoisotopic (exact) mass is 378 g/mol. The lowest BCUT2D eigenvalue weighted by Crippen LogP contribution is -2.08. The average Bonchev–Trinajstić information content (AvgIpc) is 2.45. The van der Waals surface area contributed by atoms with Crippen molar-refractivity contribution >= 4 is 38.6 Å². The Morgan fingerprint density at radius 3 is 2.62 bits per heavy atom. The van der Waals surface area contributed by atoms with Gasteiger partial charge in [0, 0.05) is 22.4 Å². The van der Waals surface area contributed by atoms with Gasteiger partial charge in [0.15, 0.2) is 6.20 Å². The van der Waals surface area contributed by atoms with Crippen LogP contribution in [0, 0.1) is 0 Å². The second-order valence-electron chi connectivity index (χ2n) is 4.70. The number of rotatable bonds is 6. The molecule has 6 heteroatoms. The standard InChI is InChI=1S/C15H15BrF3NS/c16-7-2-1-3-9-21-14-6-8-20-13-10-11(15(17,18)19)4-5-12(13)14/h4-6,8,10H,1-3,7,9H2/p+1. The van der Waals surface area contributed by atoms with E-state index in [2.05, 4.69) is 20.9 Å². The highest BCUT2D eigenvalue weighted by molar-refractivity contribution is 9.09. The number of alkyl halides is 4. The third-order valence-corrected chi connectivity index (χ3v) is 4.84. The van der Waals surface area contributed by atoms with Crippen molar-refractivity contribution in [3.05, 3.63) is 36.0 Å². The minimum absolute atomic E-state index is 0.523. The second kappa shape index (κ2) is 7.49. The maximum atomic E-state index is 12.7. The van der Waals surface area contributed by atoms with Crippen molar-refractivity contribution in [1.29, 1.82) is 0 Å². The number of unbranched alkanes of at least 4 members (excludes halogenated alkanes) is 2. The minimum atomic E-state index is -4.30. The zero-order chi connectivity index (χ0) is 15.3. The zero-order valence-corrected chi connectivity index (χ0v) is 13.7. The van der Waals surface area contributed by atoms with Crippen LogP contribution in [0.1, 0.15) is 24.8 Å². The number of pyridine rings is 1. The van der Waals surface area contributed by atoms with Crippen LogP contribution in [0.3, 0.4) is 0 Å². The quantitative estimate of drug-likeness (QED) is 0.376. The molecule has 1 N–H and O–H groups in total. The number of aromatic amines is 1. The summed E-state index contributed by atoms with van der Waals surface area (Å²) in [6, 6.07) is 5.79. The summed E-state index contributed by atoms with van der Waals surface area (Å²) in [5.74, 6) is 0.979. The Kier molecular flexibility index (Phi) is 5.93. The Bertz CT molecular complexity index is 601. The van der Waals surface area contributed by atoms with Crippen LogP contribution in [-0.4, -0.2) is 11.1 Å². The molecule has 0 saturated carbocycles. The molecule has 0 bridgehead atoms. The number of hydrogen-bond acceptors (Lipinski definition) is 1. The molecule has 1 nitrogen and oxygen atoms in total. The molecule has 0 aliphatic carbocycles. The van der Waals surface area contributed by atoms with Crippen LogP contribution in [0.2, 0.25) is 0 Å². The van der Waals surface area contributed by atoms with E-state index < -0.39 is 11.7 Å².